The number of hydrogen-bond acceptors (Lipinski definition) is 3. The monoisotopic (exact) mass is 279 g/mol. The maximum Gasteiger partial charge on any atom is 0.337 e. The molecule has 1 aromatic carbocycles. The summed E-state index contributed by atoms with van der Waals surface area (Å²) < 4.78 is 0. The first kappa shape index (κ1) is 15.7. The van der Waals surface area contributed by atoms with Crippen molar-refractivity contribution in [3.8, 4) is 0 Å². The molecule has 20 heavy (non-hydrogen) atoms. The number of nitrogens with one attached hydrogen (secondary N) is 1. The molecular weight excluding hydrogens is 262 g/mol. The van der Waals surface area contributed by atoms with Gasteiger partial charge in [-0.05, 0) is 31.9 Å². The molecule has 0 radical (unpaired) electrons. The number of aryl methyl sites for hydroxylation is 1. The lowest BCUT2D eigenvalue weighted by molar-refractivity contribution is -0.137. The van der Waals surface area contributed by atoms with Gasteiger partial charge in [0.25, 0.3) is 0 Å². The van der Waals surface area contributed by atoms with Crippen LogP contribution in [0.5, 0.6) is 0 Å². The molecule has 3 N–H and O–H groups in total. The summed E-state index contributed by atoms with van der Waals surface area (Å²) >= 11 is 0. The standard InChI is InChI=1S/C14H17NO5/c1-9-6-7-11(10(8-9)14(19)20)15-12(16)4-2-3-5-13(17)18/h6-8H,2-5H2,1H3,(H,15,16)(H,17,18)(H,19,20). The quantitative estimate of drug-likeness (QED) is 0.664. The fraction of sp³-hybridized carbons (Fsp3) is 0.357. The third kappa shape index (κ3) is 5.09. The molecule has 0 unspecified atom stereocenters. The van der Waals surface area contributed by atoms with E-state index >= 15 is 0 Å². The van der Waals surface area contributed by atoms with E-state index in [0.717, 1.165) is 5.56 Å². The third-order valence-corrected chi connectivity index (χ3v) is 2.72. The van der Waals surface area contributed by atoms with Gasteiger partial charge in [0, 0.05) is 12.8 Å². The van der Waals surface area contributed by atoms with Crippen LogP contribution in [-0.4, -0.2) is 28.1 Å². The summed E-state index contributed by atoms with van der Waals surface area (Å²) in [5, 5.41) is 20.1. The van der Waals surface area contributed by atoms with Crippen molar-refractivity contribution in [3.63, 3.8) is 0 Å². The Balaban J connectivity index is 2.57. The Hall–Kier alpha value is -2.37. The number of benzene rings is 1. The van der Waals surface area contributed by atoms with Gasteiger partial charge in [-0.3, -0.25) is 9.59 Å². The van der Waals surface area contributed by atoms with Gasteiger partial charge in [-0.25, -0.2) is 4.79 Å². The summed E-state index contributed by atoms with van der Waals surface area (Å²) in [4.78, 5) is 33.1. The van der Waals surface area contributed by atoms with Gasteiger partial charge in [0.2, 0.25) is 5.91 Å². The molecule has 0 fully saturated rings. The van der Waals surface area contributed by atoms with Gasteiger partial charge in [0.05, 0.1) is 11.3 Å². The van der Waals surface area contributed by atoms with Crippen molar-refractivity contribution >= 4 is 23.5 Å². The van der Waals surface area contributed by atoms with E-state index in [2.05, 4.69) is 5.32 Å². The van der Waals surface area contributed by atoms with Gasteiger partial charge in [-0.15, -0.1) is 0 Å². The summed E-state index contributed by atoms with van der Waals surface area (Å²) in [5.74, 6) is -2.31. The molecule has 0 atom stereocenters. The SMILES string of the molecule is Cc1ccc(NC(=O)CCCCC(=O)O)c(C(=O)O)c1. The smallest absolute Gasteiger partial charge is 0.337 e. The first-order valence-corrected chi connectivity index (χ1v) is 6.25. The molecule has 6 nitrogen and oxygen atoms in total. The summed E-state index contributed by atoms with van der Waals surface area (Å²) in [5.41, 5.74) is 1.09. The maximum absolute atomic E-state index is 11.7. The van der Waals surface area contributed by atoms with Crippen LogP contribution >= 0.6 is 0 Å². The minimum Gasteiger partial charge on any atom is -0.481 e. The van der Waals surface area contributed by atoms with Crippen molar-refractivity contribution in [2.75, 3.05) is 5.32 Å². The third-order valence-electron chi connectivity index (χ3n) is 2.72. The Kier molecular flexibility index (Phi) is 5.71. The van der Waals surface area contributed by atoms with E-state index in [1.807, 2.05) is 0 Å². The Labute approximate surface area is 116 Å². The minimum absolute atomic E-state index is 0.0260. The first-order chi connectivity index (χ1) is 9.40. The molecule has 1 rings (SSSR count). The number of amides is 1. The topological polar surface area (TPSA) is 104 Å². The number of unbranched alkanes of at least 4 members (excludes halogenated alkanes) is 1. The van der Waals surface area contributed by atoms with E-state index in [0.29, 0.717) is 12.8 Å². The highest BCUT2D eigenvalue weighted by Crippen LogP contribution is 2.18. The Morgan fingerprint density at radius 2 is 1.75 bits per heavy atom. The van der Waals surface area contributed by atoms with Crippen molar-refractivity contribution in [2.45, 2.75) is 32.6 Å². The van der Waals surface area contributed by atoms with Gasteiger partial charge < -0.3 is 15.5 Å². The molecule has 0 aliphatic rings. The van der Waals surface area contributed by atoms with Crippen molar-refractivity contribution in [1.82, 2.24) is 0 Å². The Morgan fingerprint density at radius 1 is 1.10 bits per heavy atom. The number of aliphatic carboxylic acids is 1. The van der Waals surface area contributed by atoms with Crippen molar-refractivity contribution < 1.29 is 24.6 Å². The van der Waals surface area contributed by atoms with Gasteiger partial charge in [-0.1, -0.05) is 11.6 Å². The summed E-state index contributed by atoms with van der Waals surface area (Å²) in [6, 6.07) is 4.75. The number of carboxylic acid groups (broad SMARTS) is 2. The van der Waals surface area contributed by atoms with Gasteiger partial charge >= 0.3 is 11.9 Å². The molecular formula is C14H17NO5. The van der Waals surface area contributed by atoms with Crippen LogP contribution in [0, 0.1) is 6.92 Å². The molecule has 108 valence electrons. The summed E-state index contributed by atoms with van der Waals surface area (Å²) in [6.07, 6.45) is 1.06. The molecule has 0 aromatic heterocycles. The number of carbonyl (C=O) groups is 3. The molecule has 6 heteroatoms. The normalized spacial score (nSPS) is 10.1. The first-order valence-electron chi connectivity index (χ1n) is 6.25. The number of rotatable bonds is 7. The van der Waals surface area contributed by atoms with Crippen LogP contribution in [0.1, 0.15) is 41.6 Å². The number of hydrogen-bond donors (Lipinski definition) is 3. The van der Waals surface area contributed by atoms with Crippen molar-refractivity contribution in [3.05, 3.63) is 29.3 Å². The van der Waals surface area contributed by atoms with Crippen LogP contribution in [0.25, 0.3) is 0 Å². The zero-order valence-electron chi connectivity index (χ0n) is 11.2. The van der Waals surface area contributed by atoms with Crippen LogP contribution in [0.2, 0.25) is 0 Å². The average molecular weight is 279 g/mol. The van der Waals surface area contributed by atoms with Gasteiger partial charge in [0.15, 0.2) is 0 Å². The average Bonchev–Trinajstić information content (AvgIpc) is 2.36. The van der Waals surface area contributed by atoms with Crippen LogP contribution in [0.4, 0.5) is 5.69 Å². The molecule has 1 amide bonds. The molecule has 0 saturated heterocycles. The second-order valence-electron chi connectivity index (χ2n) is 4.50. The zero-order valence-corrected chi connectivity index (χ0v) is 11.2. The lowest BCUT2D eigenvalue weighted by Gasteiger charge is -2.09. The van der Waals surface area contributed by atoms with Gasteiger partial charge in [-0.2, -0.15) is 0 Å². The maximum atomic E-state index is 11.7. The fourth-order valence-corrected chi connectivity index (χ4v) is 1.72. The predicted octanol–water partition coefficient (Wildman–Crippen LogP) is 2.28. The predicted molar refractivity (Wildman–Crippen MR) is 72.9 cm³/mol. The largest absolute Gasteiger partial charge is 0.481 e. The molecule has 0 saturated carbocycles. The molecule has 0 spiro atoms. The fourth-order valence-electron chi connectivity index (χ4n) is 1.72. The number of aromatic carboxylic acids is 1. The highest BCUT2D eigenvalue weighted by atomic mass is 16.4. The molecule has 0 bridgehead atoms. The van der Waals surface area contributed by atoms with E-state index in [9.17, 15) is 14.4 Å². The number of carboxylic acids is 2. The second kappa shape index (κ2) is 7.28. The molecule has 0 aliphatic heterocycles. The zero-order chi connectivity index (χ0) is 15.1. The van der Waals surface area contributed by atoms with Crippen LogP contribution in [-0.2, 0) is 9.59 Å². The van der Waals surface area contributed by atoms with E-state index in [-0.39, 0.29) is 30.0 Å². The van der Waals surface area contributed by atoms with E-state index in [1.165, 1.54) is 6.07 Å². The van der Waals surface area contributed by atoms with E-state index in [4.69, 9.17) is 10.2 Å². The molecule has 1 aromatic rings. The summed E-state index contributed by atoms with van der Waals surface area (Å²) in [7, 11) is 0. The van der Waals surface area contributed by atoms with Crippen molar-refractivity contribution in [1.29, 1.82) is 0 Å². The minimum atomic E-state index is -1.10. The van der Waals surface area contributed by atoms with E-state index < -0.39 is 11.9 Å². The molecule has 0 aliphatic carbocycles. The Morgan fingerprint density at radius 3 is 2.35 bits per heavy atom. The number of anilines is 1. The van der Waals surface area contributed by atoms with Crippen LogP contribution in [0.3, 0.4) is 0 Å². The van der Waals surface area contributed by atoms with Gasteiger partial charge in [0.1, 0.15) is 0 Å². The second-order valence-corrected chi connectivity index (χ2v) is 4.50. The summed E-state index contributed by atoms with van der Waals surface area (Å²) in [6.45, 7) is 1.77. The van der Waals surface area contributed by atoms with E-state index in [1.54, 1.807) is 19.1 Å². The lowest BCUT2D eigenvalue weighted by atomic mass is 10.1. The lowest BCUT2D eigenvalue weighted by Crippen LogP contribution is -2.14. The van der Waals surface area contributed by atoms with Crippen LogP contribution < -0.4 is 5.32 Å². The van der Waals surface area contributed by atoms with Crippen LogP contribution in [0.15, 0.2) is 18.2 Å². The highest BCUT2D eigenvalue weighted by Gasteiger charge is 2.12. The Bertz CT molecular complexity index is 524. The van der Waals surface area contributed by atoms with Crippen molar-refractivity contribution in [2.24, 2.45) is 0 Å². The highest BCUT2D eigenvalue weighted by molar-refractivity contribution is 6.00. The number of carbonyl (C=O) groups excluding carboxylic acids is 1. The molecule has 0 heterocycles.